The first-order chi connectivity index (χ1) is 7.68. The number of nitrogens with zero attached hydrogens (tertiary/aromatic N) is 2. The predicted octanol–water partition coefficient (Wildman–Crippen LogP) is 1.79. The zero-order chi connectivity index (χ0) is 11.4. The Bertz CT molecular complexity index is 450. The molecule has 0 bridgehead atoms. The van der Waals surface area contributed by atoms with Crippen LogP contribution in [0, 0.1) is 0 Å². The molecule has 86 valence electrons. The topological polar surface area (TPSA) is 65.2 Å². The molecule has 1 aliphatic carbocycles. The van der Waals surface area contributed by atoms with Crippen molar-refractivity contribution in [1.29, 1.82) is 0 Å². The summed E-state index contributed by atoms with van der Waals surface area (Å²) in [5.41, 5.74) is 0.682. The Hall–Kier alpha value is -1.01. The third-order valence-corrected chi connectivity index (χ3v) is 2.24. The minimum absolute atomic E-state index is 0. The Morgan fingerprint density at radius 3 is 2.47 bits per heavy atom. The van der Waals surface area contributed by atoms with Gasteiger partial charge in [0.25, 0.3) is 0 Å². The van der Waals surface area contributed by atoms with E-state index in [1.807, 2.05) is 18.2 Å². The van der Waals surface area contributed by atoms with Gasteiger partial charge < -0.3 is 13.1 Å². The van der Waals surface area contributed by atoms with Crippen LogP contribution in [-0.2, 0) is 0 Å². The van der Waals surface area contributed by atoms with Crippen LogP contribution >= 0.6 is 0 Å². The number of hydrogen-bond donors (Lipinski definition) is 2. The van der Waals surface area contributed by atoms with E-state index in [4.69, 9.17) is 0 Å². The van der Waals surface area contributed by atoms with E-state index in [1.165, 1.54) is 6.08 Å². The number of benzene rings is 1. The van der Waals surface area contributed by atoms with E-state index in [1.54, 1.807) is 30.4 Å². The molecule has 0 heterocycles. The van der Waals surface area contributed by atoms with Gasteiger partial charge in [-0.2, -0.15) is 10.2 Å². The van der Waals surface area contributed by atoms with Crippen molar-refractivity contribution in [3.05, 3.63) is 54.6 Å². The number of hydrogen-bond acceptors (Lipinski definition) is 4. The number of aliphatic hydroxyl groups is 2. The molecular formula is C12H14MgN2O2. The Labute approximate surface area is 119 Å². The summed E-state index contributed by atoms with van der Waals surface area (Å²) in [6.45, 7) is 0. The second-order valence-corrected chi connectivity index (χ2v) is 3.52. The maximum absolute atomic E-state index is 9.58. The van der Waals surface area contributed by atoms with Crippen LogP contribution in [0.4, 0.5) is 5.69 Å². The van der Waals surface area contributed by atoms with Crippen LogP contribution in [0.5, 0.6) is 0 Å². The second kappa shape index (κ2) is 6.06. The molecule has 0 spiro atoms. The first-order valence-electron chi connectivity index (χ1n) is 4.95. The van der Waals surface area contributed by atoms with Crippen LogP contribution in [0.3, 0.4) is 0 Å². The molecule has 2 N–H and O–H groups in total. The summed E-state index contributed by atoms with van der Waals surface area (Å²) in [5, 5.41) is 27.0. The average Bonchev–Trinajstić information content (AvgIpc) is 2.28. The van der Waals surface area contributed by atoms with E-state index >= 15 is 0 Å². The first-order valence-corrected chi connectivity index (χ1v) is 4.95. The molecule has 4 nitrogen and oxygen atoms in total. The molecule has 0 aromatic heterocycles. The van der Waals surface area contributed by atoms with Crippen molar-refractivity contribution in [2.24, 2.45) is 10.2 Å². The number of allylic oxidation sites excluding steroid dienone is 2. The molecule has 0 aliphatic heterocycles. The van der Waals surface area contributed by atoms with Crippen LogP contribution in [0.1, 0.15) is 2.85 Å². The first kappa shape index (κ1) is 14.0. The fourth-order valence-electron chi connectivity index (χ4n) is 1.35. The van der Waals surface area contributed by atoms with Gasteiger partial charge in [-0.05, 0) is 18.2 Å². The molecule has 1 atom stereocenters. The summed E-state index contributed by atoms with van der Waals surface area (Å²) in [6.07, 6.45) is 6.14. The van der Waals surface area contributed by atoms with E-state index in [9.17, 15) is 10.2 Å². The second-order valence-electron chi connectivity index (χ2n) is 3.52. The monoisotopic (exact) mass is 242 g/mol. The standard InChI is InChI=1S/C12H12N2O2.Mg.2H/c15-12(16)9-5-4-8-11(12)14-13-10-6-2-1-3-7-10;;;/h1-9,11,15-16H;;;/q;+2;2*-1. The van der Waals surface area contributed by atoms with Gasteiger partial charge in [0.05, 0.1) is 5.69 Å². The molecule has 17 heavy (non-hydrogen) atoms. The van der Waals surface area contributed by atoms with Gasteiger partial charge in [0.1, 0.15) is 6.04 Å². The molecule has 1 unspecified atom stereocenters. The number of azo groups is 1. The predicted molar refractivity (Wildman–Crippen MR) is 68.2 cm³/mol. The van der Waals surface area contributed by atoms with Gasteiger partial charge in [-0.3, -0.25) is 0 Å². The third-order valence-electron chi connectivity index (χ3n) is 2.24. The summed E-state index contributed by atoms with van der Waals surface area (Å²) in [4.78, 5) is 0. The maximum Gasteiger partial charge on any atom is 2.00 e. The van der Waals surface area contributed by atoms with Crippen molar-refractivity contribution in [1.82, 2.24) is 0 Å². The molecule has 2 rings (SSSR count). The van der Waals surface area contributed by atoms with E-state index in [2.05, 4.69) is 10.2 Å². The van der Waals surface area contributed by atoms with Crippen molar-refractivity contribution in [2.75, 3.05) is 0 Å². The maximum atomic E-state index is 9.58. The molecule has 5 heteroatoms. The molecule has 1 aromatic rings. The quantitative estimate of drug-likeness (QED) is 0.472. The molecule has 0 radical (unpaired) electrons. The molecule has 1 aliphatic rings. The normalized spacial score (nSPS) is 21.4. The number of rotatable bonds is 2. The zero-order valence-electron chi connectivity index (χ0n) is 11.3. The van der Waals surface area contributed by atoms with E-state index in [0.717, 1.165) is 0 Å². The fraction of sp³-hybridized carbons (Fsp3) is 0.167. The Kier molecular flexibility index (Phi) is 5.01. The van der Waals surface area contributed by atoms with Gasteiger partial charge in [0.15, 0.2) is 0 Å². The zero-order valence-corrected chi connectivity index (χ0v) is 10.7. The molecule has 0 fully saturated rings. The van der Waals surface area contributed by atoms with Crippen LogP contribution in [-0.4, -0.2) is 45.1 Å². The van der Waals surface area contributed by atoms with Crippen molar-refractivity contribution < 1.29 is 13.1 Å². The van der Waals surface area contributed by atoms with Crippen molar-refractivity contribution in [3.63, 3.8) is 0 Å². The van der Waals surface area contributed by atoms with Gasteiger partial charge in [-0.25, -0.2) is 0 Å². The van der Waals surface area contributed by atoms with Crippen LogP contribution in [0.2, 0.25) is 0 Å². The molecule has 1 aromatic carbocycles. The Balaban J connectivity index is 0. The van der Waals surface area contributed by atoms with E-state index in [0.29, 0.717) is 5.69 Å². The van der Waals surface area contributed by atoms with Gasteiger partial charge in [-0.15, -0.1) is 0 Å². The minimum Gasteiger partial charge on any atom is -1.00 e. The van der Waals surface area contributed by atoms with Crippen LogP contribution in [0.15, 0.2) is 64.9 Å². The van der Waals surface area contributed by atoms with Crippen molar-refractivity contribution in [3.8, 4) is 0 Å². The van der Waals surface area contributed by atoms with Crippen LogP contribution in [0.25, 0.3) is 0 Å². The summed E-state index contributed by atoms with van der Waals surface area (Å²) < 4.78 is 0. The van der Waals surface area contributed by atoms with E-state index in [-0.39, 0.29) is 25.9 Å². The summed E-state index contributed by atoms with van der Waals surface area (Å²) >= 11 is 0. The van der Waals surface area contributed by atoms with Gasteiger partial charge in [0.2, 0.25) is 5.79 Å². The third kappa shape index (κ3) is 3.74. The molecule has 0 amide bonds. The Morgan fingerprint density at radius 2 is 1.82 bits per heavy atom. The summed E-state index contributed by atoms with van der Waals surface area (Å²) in [7, 11) is 0. The average molecular weight is 243 g/mol. The Morgan fingerprint density at radius 1 is 1.12 bits per heavy atom. The molecule has 0 saturated heterocycles. The molecule has 0 saturated carbocycles. The van der Waals surface area contributed by atoms with E-state index < -0.39 is 11.8 Å². The summed E-state index contributed by atoms with van der Waals surface area (Å²) in [5.74, 6) is -1.95. The van der Waals surface area contributed by atoms with Crippen LogP contribution < -0.4 is 0 Å². The largest absolute Gasteiger partial charge is 2.00 e. The van der Waals surface area contributed by atoms with Crippen molar-refractivity contribution in [2.45, 2.75) is 11.8 Å². The summed E-state index contributed by atoms with van der Waals surface area (Å²) in [6, 6.07) is 8.39. The minimum atomic E-state index is -1.95. The van der Waals surface area contributed by atoms with Gasteiger partial charge in [0, 0.05) is 0 Å². The van der Waals surface area contributed by atoms with Gasteiger partial charge in [-0.1, -0.05) is 36.4 Å². The van der Waals surface area contributed by atoms with Crippen molar-refractivity contribution >= 4 is 28.7 Å². The SMILES string of the molecule is OC1(O)C=CC=CC1N=Nc1ccccc1.[H-].[H-].[Mg+2]. The smallest absolute Gasteiger partial charge is 1.00 e. The van der Waals surface area contributed by atoms with Gasteiger partial charge >= 0.3 is 23.1 Å². The fourth-order valence-corrected chi connectivity index (χ4v) is 1.35. The molecular weight excluding hydrogens is 228 g/mol.